The fourth-order valence-electron chi connectivity index (χ4n) is 1.64. The molecule has 0 spiro atoms. The number of hydrogen-bond acceptors (Lipinski definition) is 3. The monoisotopic (exact) mass is 256 g/mol. The number of pyridine rings is 1. The molecule has 4 heteroatoms. The van der Waals surface area contributed by atoms with Crippen LogP contribution in [-0.4, -0.2) is 18.5 Å². The van der Waals surface area contributed by atoms with Crippen LogP contribution < -0.4 is 4.57 Å². The third-order valence-corrected chi connectivity index (χ3v) is 2.60. The van der Waals surface area contributed by atoms with E-state index in [4.69, 9.17) is 4.74 Å². The first-order valence-electron chi connectivity index (χ1n) is 6.00. The summed E-state index contributed by atoms with van der Waals surface area (Å²) in [5.41, 5.74) is 1.02. The second-order valence-electron chi connectivity index (χ2n) is 3.89. The van der Waals surface area contributed by atoms with Gasteiger partial charge in [-0.15, -0.1) is 4.57 Å². The summed E-state index contributed by atoms with van der Waals surface area (Å²) in [6.45, 7) is 2.08. The SMILES string of the molecule is CCOC(=O)c1cc[n+](C(=O)c2ccccc2)cc1. The number of ether oxygens (including phenoxy) is 1. The summed E-state index contributed by atoms with van der Waals surface area (Å²) in [6.07, 6.45) is 3.11. The van der Waals surface area contributed by atoms with Crippen LogP contribution in [0.5, 0.6) is 0 Å². The van der Waals surface area contributed by atoms with Gasteiger partial charge >= 0.3 is 11.9 Å². The standard InChI is InChI=1S/C15H14NO3/c1-2-19-15(18)13-8-10-16(11-9-13)14(17)12-6-4-3-5-7-12/h3-11H,2H2,1H3/q+1. The summed E-state index contributed by atoms with van der Waals surface area (Å²) >= 11 is 0. The first-order valence-corrected chi connectivity index (χ1v) is 6.00. The summed E-state index contributed by atoms with van der Waals surface area (Å²) in [7, 11) is 0. The third-order valence-electron chi connectivity index (χ3n) is 2.60. The molecule has 4 nitrogen and oxygen atoms in total. The van der Waals surface area contributed by atoms with Gasteiger partial charge in [-0.2, -0.15) is 0 Å². The zero-order chi connectivity index (χ0) is 13.7. The molecular formula is C15H14NO3+. The van der Waals surface area contributed by atoms with E-state index < -0.39 is 0 Å². The van der Waals surface area contributed by atoms with Gasteiger partial charge < -0.3 is 4.74 Å². The molecule has 0 aliphatic carbocycles. The van der Waals surface area contributed by atoms with Crippen molar-refractivity contribution < 1.29 is 18.9 Å². The molecule has 0 bridgehead atoms. The van der Waals surface area contributed by atoms with E-state index >= 15 is 0 Å². The summed E-state index contributed by atoms with van der Waals surface area (Å²) in [5.74, 6) is -0.530. The van der Waals surface area contributed by atoms with Crippen molar-refractivity contribution >= 4 is 11.9 Å². The highest BCUT2D eigenvalue weighted by Crippen LogP contribution is 2.01. The van der Waals surface area contributed by atoms with Crippen molar-refractivity contribution in [2.45, 2.75) is 6.92 Å². The lowest BCUT2D eigenvalue weighted by Gasteiger charge is -2.00. The van der Waals surface area contributed by atoms with Gasteiger partial charge in [0.05, 0.1) is 17.7 Å². The molecule has 0 unspecified atom stereocenters. The minimum atomic E-state index is -0.387. The van der Waals surface area contributed by atoms with E-state index in [1.165, 1.54) is 4.57 Å². The quantitative estimate of drug-likeness (QED) is 0.622. The first-order chi connectivity index (χ1) is 9.22. The van der Waals surface area contributed by atoms with Crippen molar-refractivity contribution in [3.63, 3.8) is 0 Å². The summed E-state index contributed by atoms with van der Waals surface area (Å²) in [6, 6.07) is 12.1. The molecule has 1 heterocycles. The normalized spacial score (nSPS) is 9.95. The predicted molar refractivity (Wildman–Crippen MR) is 68.8 cm³/mol. The molecule has 19 heavy (non-hydrogen) atoms. The number of benzene rings is 1. The Bertz CT molecular complexity index is 576. The third kappa shape index (κ3) is 3.04. The molecule has 0 aliphatic rings. The molecule has 1 aromatic carbocycles. The zero-order valence-electron chi connectivity index (χ0n) is 10.6. The van der Waals surface area contributed by atoms with Gasteiger partial charge in [-0.3, -0.25) is 0 Å². The van der Waals surface area contributed by atoms with E-state index in [1.807, 2.05) is 6.07 Å². The number of carbonyl (C=O) groups excluding carboxylic acids is 2. The van der Waals surface area contributed by atoms with Crippen molar-refractivity contribution in [1.82, 2.24) is 0 Å². The molecule has 0 N–H and O–H groups in total. The molecule has 0 aliphatic heterocycles. The molecule has 0 saturated carbocycles. The van der Waals surface area contributed by atoms with Gasteiger partial charge in [0.1, 0.15) is 0 Å². The summed E-state index contributed by atoms with van der Waals surface area (Å²) in [5, 5.41) is 0. The smallest absolute Gasteiger partial charge is 0.424 e. The highest BCUT2D eigenvalue weighted by molar-refractivity contribution is 5.89. The highest BCUT2D eigenvalue weighted by atomic mass is 16.5. The van der Waals surface area contributed by atoms with Crippen molar-refractivity contribution in [3.8, 4) is 0 Å². The van der Waals surface area contributed by atoms with Gasteiger partial charge in [0.2, 0.25) is 0 Å². The molecule has 0 atom stereocenters. The van der Waals surface area contributed by atoms with Crippen LogP contribution in [0.25, 0.3) is 0 Å². The van der Waals surface area contributed by atoms with Gasteiger partial charge in [0, 0.05) is 12.1 Å². The van der Waals surface area contributed by atoms with Crippen LogP contribution in [0.1, 0.15) is 27.6 Å². The van der Waals surface area contributed by atoms with Crippen molar-refractivity contribution in [3.05, 3.63) is 66.0 Å². The zero-order valence-corrected chi connectivity index (χ0v) is 10.6. The Balaban J connectivity index is 2.19. The van der Waals surface area contributed by atoms with E-state index in [1.54, 1.807) is 55.7 Å². The average Bonchev–Trinajstić information content (AvgIpc) is 2.48. The van der Waals surface area contributed by atoms with E-state index in [0.29, 0.717) is 17.7 Å². The average molecular weight is 256 g/mol. The predicted octanol–water partition coefficient (Wildman–Crippen LogP) is 1.84. The highest BCUT2D eigenvalue weighted by Gasteiger charge is 2.17. The first kappa shape index (κ1) is 13.0. The summed E-state index contributed by atoms with van der Waals surface area (Å²) in [4.78, 5) is 23.6. The lowest BCUT2D eigenvalue weighted by molar-refractivity contribution is -0.570. The lowest BCUT2D eigenvalue weighted by Crippen LogP contribution is -2.42. The Labute approximate surface area is 111 Å². The lowest BCUT2D eigenvalue weighted by atomic mass is 10.2. The van der Waals surface area contributed by atoms with E-state index in [0.717, 1.165) is 0 Å². The Morgan fingerprint density at radius 3 is 2.21 bits per heavy atom. The maximum Gasteiger partial charge on any atom is 0.424 e. The van der Waals surface area contributed by atoms with E-state index in [-0.39, 0.29) is 11.9 Å². The Hall–Kier alpha value is -2.49. The van der Waals surface area contributed by atoms with Gasteiger partial charge in [0.15, 0.2) is 12.4 Å². The largest absolute Gasteiger partial charge is 0.462 e. The fraction of sp³-hybridized carbons (Fsp3) is 0.133. The van der Waals surface area contributed by atoms with Crippen LogP contribution in [0.3, 0.4) is 0 Å². The number of rotatable bonds is 3. The molecule has 96 valence electrons. The fourth-order valence-corrected chi connectivity index (χ4v) is 1.64. The Morgan fingerprint density at radius 2 is 1.63 bits per heavy atom. The molecule has 2 rings (SSSR count). The number of carbonyl (C=O) groups is 2. The second-order valence-corrected chi connectivity index (χ2v) is 3.89. The minimum Gasteiger partial charge on any atom is -0.462 e. The number of esters is 1. The van der Waals surface area contributed by atoms with Crippen LogP contribution in [0.2, 0.25) is 0 Å². The number of hydrogen-bond donors (Lipinski definition) is 0. The van der Waals surface area contributed by atoms with E-state index in [9.17, 15) is 9.59 Å². The Morgan fingerprint density at radius 1 is 1.00 bits per heavy atom. The maximum absolute atomic E-state index is 12.1. The number of aromatic nitrogens is 1. The van der Waals surface area contributed by atoms with Gasteiger partial charge in [0.25, 0.3) is 0 Å². The molecule has 0 fully saturated rings. The number of nitrogens with zero attached hydrogens (tertiary/aromatic N) is 1. The van der Waals surface area contributed by atoms with Crippen LogP contribution in [0, 0.1) is 0 Å². The van der Waals surface area contributed by atoms with Crippen LogP contribution >= 0.6 is 0 Å². The van der Waals surface area contributed by atoms with Gasteiger partial charge in [-0.25, -0.2) is 9.59 Å². The molecule has 0 amide bonds. The molecule has 1 aromatic heterocycles. The Kier molecular flexibility index (Phi) is 4.03. The molecule has 2 aromatic rings. The van der Waals surface area contributed by atoms with Crippen LogP contribution in [-0.2, 0) is 4.74 Å². The minimum absolute atomic E-state index is 0.143. The molecular weight excluding hydrogens is 242 g/mol. The second kappa shape index (κ2) is 5.91. The molecule has 0 radical (unpaired) electrons. The topological polar surface area (TPSA) is 47.2 Å². The van der Waals surface area contributed by atoms with Crippen molar-refractivity contribution in [1.29, 1.82) is 0 Å². The van der Waals surface area contributed by atoms with Crippen molar-refractivity contribution in [2.24, 2.45) is 0 Å². The van der Waals surface area contributed by atoms with Gasteiger partial charge in [-0.05, 0) is 19.1 Å². The maximum atomic E-state index is 12.1. The van der Waals surface area contributed by atoms with E-state index in [2.05, 4.69) is 0 Å². The molecule has 0 saturated heterocycles. The van der Waals surface area contributed by atoms with Crippen LogP contribution in [0.15, 0.2) is 54.9 Å². The summed E-state index contributed by atoms with van der Waals surface area (Å²) < 4.78 is 6.31. The van der Waals surface area contributed by atoms with Crippen molar-refractivity contribution in [2.75, 3.05) is 6.61 Å². The van der Waals surface area contributed by atoms with Crippen LogP contribution in [0.4, 0.5) is 0 Å². The van der Waals surface area contributed by atoms with Gasteiger partial charge in [-0.1, -0.05) is 18.2 Å².